The lowest BCUT2D eigenvalue weighted by atomic mass is 10.2. The average Bonchev–Trinajstić information content (AvgIpc) is 3.11. The Hall–Kier alpha value is -3.11. The van der Waals surface area contributed by atoms with Crippen LogP contribution in [0.2, 0.25) is 0 Å². The van der Waals surface area contributed by atoms with Gasteiger partial charge in [-0.25, -0.2) is 4.79 Å². The Balaban J connectivity index is 1.76. The van der Waals surface area contributed by atoms with E-state index >= 15 is 0 Å². The van der Waals surface area contributed by atoms with Crippen LogP contribution < -0.4 is 14.8 Å². The van der Waals surface area contributed by atoms with Crippen molar-refractivity contribution in [2.75, 3.05) is 14.2 Å². The van der Waals surface area contributed by atoms with Crippen molar-refractivity contribution in [2.45, 2.75) is 6.61 Å². The molecule has 8 nitrogen and oxygen atoms in total. The Labute approximate surface area is 191 Å². The molecule has 0 aliphatic carbocycles. The number of hydrogen-bond donors (Lipinski definition) is 1. The molecule has 31 heavy (non-hydrogen) atoms. The second-order valence-electron chi connectivity index (χ2n) is 6.03. The second-order valence-corrected chi connectivity index (χ2v) is 7.98. The number of esters is 1. The molecule has 2 aromatic rings. The fourth-order valence-corrected chi connectivity index (χ4v) is 3.70. The summed E-state index contributed by atoms with van der Waals surface area (Å²) in [6.45, 7) is 0.336. The maximum Gasteiger partial charge on any atom is 0.331 e. The third-order valence-corrected chi connectivity index (χ3v) is 5.34. The van der Waals surface area contributed by atoms with E-state index in [9.17, 15) is 9.59 Å². The van der Waals surface area contributed by atoms with E-state index in [-0.39, 0.29) is 10.1 Å². The zero-order valence-corrected chi connectivity index (χ0v) is 19.0. The third-order valence-electron chi connectivity index (χ3n) is 3.95. The number of benzene rings is 2. The fourth-order valence-electron chi connectivity index (χ4n) is 2.52. The van der Waals surface area contributed by atoms with E-state index in [1.54, 1.807) is 13.2 Å². The van der Waals surface area contributed by atoms with Crippen molar-refractivity contribution in [3.8, 4) is 11.5 Å². The van der Waals surface area contributed by atoms with Gasteiger partial charge < -0.3 is 14.2 Å². The van der Waals surface area contributed by atoms with Crippen LogP contribution in [0.1, 0.15) is 11.1 Å². The number of thioether (sulfide) groups is 1. The van der Waals surface area contributed by atoms with Crippen LogP contribution in [0.25, 0.3) is 0 Å². The van der Waals surface area contributed by atoms with Crippen molar-refractivity contribution >= 4 is 51.0 Å². The predicted octanol–water partition coefficient (Wildman–Crippen LogP) is 3.65. The Morgan fingerprint density at radius 2 is 2.03 bits per heavy atom. The number of carbonyl (C=O) groups is 2. The first-order chi connectivity index (χ1) is 15.0. The molecule has 1 fully saturated rings. The van der Waals surface area contributed by atoms with Crippen molar-refractivity contribution in [1.82, 2.24) is 5.32 Å². The van der Waals surface area contributed by atoms with Gasteiger partial charge in [0.25, 0.3) is 5.91 Å². The zero-order valence-electron chi connectivity index (χ0n) is 16.6. The number of carbonyl (C=O) groups excluding carboxylic acids is 2. The number of ether oxygens (including phenoxy) is 3. The molecule has 0 atom stereocenters. The number of halogens is 1. The van der Waals surface area contributed by atoms with Gasteiger partial charge in [-0.1, -0.05) is 34.1 Å². The number of nitrogens with zero attached hydrogens (tertiary/aromatic N) is 2. The second kappa shape index (κ2) is 10.8. The molecule has 1 amide bonds. The summed E-state index contributed by atoms with van der Waals surface area (Å²) < 4.78 is 16.9. The van der Waals surface area contributed by atoms with E-state index in [4.69, 9.17) is 9.47 Å². The van der Waals surface area contributed by atoms with E-state index in [2.05, 4.69) is 36.2 Å². The maximum atomic E-state index is 11.9. The van der Waals surface area contributed by atoms with Crippen LogP contribution in [0.15, 0.2) is 68.1 Å². The summed E-state index contributed by atoms with van der Waals surface area (Å²) in [4.78, 5) is 23.4. The molecule has 3 rings (SSSR count). The van der Waals surface area contributed by atoms with Gasteiger partial charge in [-0.3, -0.25) is 10.1 Å². The van der Waals surface area contributed by atoms with E-state index in [1.807, 2.05) is 36.4 Å². The van der Waals surface area contributed by atoms with Crippen LogP contribution in [0.3, 0.4) is 0 Å². The average molecular weight is 504 g/mol. The molecule has 0 aromatic heterocycles. The Kier molecular flexibility index (Phi) is 7.85. The molecular formula is C21H18BrN3O5S. The molecule has 0 spiro atoms. The first-order valence-corrected chi connectivity index (χ1v) is 10.5. The molecular weight excluding hydrogens is 486 g/mol. The van der Waals surface area contributed by atoms with Crippen LogP contribution in [0, 0.1) is 0 Å². The molecule has 10 heteroatoms. The highest BCUT2D eigenvalue weighted by atomic mass is 79.9. The number of methoxy groups -OCH3 is 2. The molecule has 1 heterocycles. The highest BCUT2D eigenvalue weighted by Gasteiger charge is 2.25. The van der Waals surface area contributed by atoms with Gasteiger partial charge in [-0.2, -0.15) is 5.10 Å². The summed E-state index contributed by atoms with van der Waals surface area (Å²) in [6, 6.07) is 13.2. The van der Waals surface area contributed by atoms with Crippen molar-refractivity contribution in [3.05, 3.63) is 69.0 Å². The quantitative estimate of drug-likeness (QED) is 0.268. The number of rotatable bonds is 7. The highest BCUT2D eigenvalue weighted by Crippen LogP contribution is 2.31. The Bertz CT molecular complexity index is 1080. The lowest BCUT2D eigenvalue weighted by molar-refractivity contribution is -0.135. The SMILES string of the molecule is COC(=O)/C=C1/S/C(=N\N=Cc2cccc(OC)c2OCc2cccc(Br)c2)NC1=O. The van der Waals surface area contributed by atoms with Crippen LogP contribution in [-0.4, -0.2) is 37.5 Å². The minimum Gasteiger partial charge on any atom is -0.493 e. The lowest BCUT2D eigenvalue weighted by Crippen LogP contribution is -2.19. The first kappa shape index (κ1) is 22.6. The minimum atomic E-state index is -0.619. The van der Waals surface area contributed by atoms with E-state index in [1.165, 1.54) is 13.3 Å². The van der Waals surface area contributed by atoms with E-state index < -0.39 is 11.9 Å². The van der Waals surface area contributed by atoms with E-state index in [0.717, 1.165) is 27.9 Å². The summed E-state index contributed by atoms with van der Waals surface area (Å²) in [5.74, 6) is 0.0107. The topological polar surface area (TPSA) is 98.6 Å². The molecule has 1 aliphatic rings. The van der Waals surface area contributed by atoms with Gasteiger partial charge >= 0.3 is 5.97 Å². The van der Waals surface area contributed by atoms with Crippen LogP contribution in [0.5, 0.6) is 11.5 Å². The number of hydrogen-bond acceptors (Lipinski definition) is 8. The zero-order chi connectivity index (χ0) is 22.2. The van der Waals surface area contributed by atoms with Gasteiger partial charge in [0, 0.05) is 16.1 Å². The van der Waals surface area contributed by atoms with Crippen molar-refractivity contribution in [3.63, 3.8) is 0 Å². The molecule has 1 aliphatic heterocycles. The molecule has 2 aromatic carbocycles. The van der Waals surface area contributed by atoms with Crippen molar-refractivity contribution in [1.29, 1.82) is 0 Å². The Morgan fingerprint density at radius 1 is 1.23 bits per heavy atom. The molecule has 160 valence electrons. The first-order valence-electron chi connectivity index (χ1n) is 8.94. The Morgan fingerprint density at radius 3 is 2.77 bits per heavy atom. The van der Waals surface area contributed by atoms with Crippen LogP contribution >= 0.6 is 27.7 Å². The number of amidine groups is 1. The number of amides is 1. The lowest BCUT2D eigenvalue weighted by Gasteiger charge is -2.13. The van der Waals surface area contributed by atoms with Crippen molar-refractivity contribution < 1.29 is 23.8 Å². The van der Waals surface area contributed by atoms with Gasteiger partial charge in [0.1, 0.15) is 6.61 Å². The summed E-state index contributed by atoms with van der Waals surface area (Å²) in [7, 11) is 2.79. The van der Waals surface area contributed by atoms with Gasteiger partial charge in [0.05, 0.1) is 25.3 Å². The molecule has 1 N–H and O–H groups in total. The van der Waals surface area contributed by atoms with Crippen molar-refractivity contribution in [2.24, 2.45) is 10.2 Å². The molecule has 0 saturated carbocycles. The van der Waals surface area contributed by atoms with Gasteiger partial charge in [0.15, 0.2) is 16.7 Å². The van der Waals surface area contributed by atoms with Crippen LogP contribution in [-0.2, 0) is 20.9 Å². The minimum absolute atomic E-state index is 0.181. The van der Waals surface area contributed by atoms with Gasteiger partial charge in [0.2, 0.25) is 0 Å². The monoisotopic (exact) mass is 503 g/mol. The summed E-state index contributed by atoms with van der Waals surface area (Å²) in [6.07, 6.45) is 2.60. The normalized spacial score (nSPS) is 16.0. The maximum absolute atomic E-state index is 11.9. The van der Waals surface area contributed by atoms with Gasteiger partial charge in [-0.15, -0.1) is 5.10 Å². The number of para-hydroxylation sites is 1. The predicted molar refractivity (Wildman–Crippen MR) is 122 cm³/mol. The number of nitrogens with one attached hydrogen (secondary N) is 1. The molecule has 1 saturated heterocycles. The molecule has 0 unspecified atom stereocenters. The summed E-state index contributed by atoms with van der Waals surface area (Å²) in [5, 5.41) is 10.8. The standard InChI is InChI=1S/C21H18BrN3O5S/c1-28-16-8-4-6-14(19(16)30-12-13-5-3-7-15(22)9-13)11-23-25-21-24-20(27)17(31-21)10-18(26)29-2/h3-11H,12H2,1-2H3,(H,24,25,27)/b17-10+,23-11?. The highest BCUT2D eigenvalue weighted by molar-refractivity contribution is 9.10. The third kappa shape index (κ3) is 6.19. The van der Waals surface area contributed by atoms with Crippen LogP contribution in [0.4, 0.5) is 0 Å². The molecule has 0 radical (unpaired) electrons. The summed E-state index contributed by atoms with van der Waals surface area (Å²) >= 11 is 4.44. The van der Waals surface area contributed by atoms with E-state index in [0.29, 0.717) is 23.7 Å². The smallest absolute Gasteiger partial charge is 0.331 e. The fraction of sp³-hybridized carbons (Fsp3) is 0.143. The summed E-state index contributed by atoms with van der Waals surface area (Å²) in [5.41, 5.74) is 1.64. The largest absolute Gasteiger partial charge is 0.493 e. The van der Waals surface area contributed by atoms with Gasteiger partial charge in [-0.05, 0) is 41.6 Å². The molecule has 0 bridgehead atoms.